The normalized spacial score (nSPS) is 8.40. The number of hydrogen-bond acceptors (Lipinski definition) is 0. The maximum Gasteiger partial charge on any atom is -0.0809 e. The van der Waals surface area contributed by atoms with Crippen LogP contribution >= 0.6 is 17.0 Å². The summed E-state index contributed by atoms with van der Waals surface area (Å²) in [5.74, 6) is 0. The molecule has 0 spiro atoms. The van der Waals surface area contributed by atoms with Gasteiger partial charge in [-0.3, -0.25) is 0 Å². The minimum Gasteiger partial charge on any atom is -0.168 e. The summed E-state index contributed by atoms with van der Waals surface area (Å²) >= 11 is -0.826. The Morgan fingerprint density at radius 2 is 1.04 bits per heavy atom. The van der Waals surface area contributed by atoms with Crippen LogP contribution in [0.1, 0.15) is 6.92 Å². The molecule has 0 atom stereocenters. The van der Waals surface area contributed by atoms with Gasteiger partial charge in [-0.25, -0.2) is 0 Å². The van der Waals surface area contributed by atoms with Crippen molar-refractivity contribution in [2.75, 3.05) is 0 Å². The Morgan fingerprint density at radius 3 is 1.36 bits per heavy atom. The number of fused-ring (bicyclic) bond motifs is 2. The van der Waals surface area contributed by atoms with E-state index >= 15 is 0 Å². The predicted octanol–water partition coefficient (Wildman–Crippen LogP) is 7.54. The summed E-state index contributed by atoms with van der Waals surface area (Å²) in [5.41, 5.74) is 0. The molecule has 4 aromatic rings. The summed E-state index contributed by atoms with van der Waals surface area (Å²) < 4.78 is 0. The van der Waals surface area contributed by atoms with E-state index in [2.05, 4.69) is 102 Å². The molecule has 0 N–H and O–H groups in total. The van der Waals surface area contributed by atoms with Gasteiger partial charge < -0.3 is 6.92 Å². The molecule has 0 aromatic heterocycles. The minimum absolute atomic E-state index is 0.826. The van der Waals surface area contributed by atoms with Crippen LogP contribution in [0, 0.1) is 6.92 Å². The molecule has 0 saturated carbocycles. The number of hydrogen-bond donors (Lipinski definition) is 0. The fraction of sp³-hybridized carbons (Fsp3) is 0.0952. The van der Waals surface area contributed by atoms with Gasteiger partial charge in [-0.1, -0.05) is 18.7 Å². The van der Waals surface area contributed by atoms with E-state index in [1.807, 2.05) is 0 Å². The van der Waals surface area contributed by atoms with Crippen LogP contribution in [0.5, 0.6) is 0 Å². The standard InChI is InChI=1S/2C9H7.C2H5.CH3Si.2ClH.Zr/c2*1-2-5-9-7-3-6-8(9)4-1;2*1-2;;;/h2*1-7H;1H2,2H3;1H3;2*1H;/q3*-1;;;;+2/p-2. The first kappa shape index (κ1) is 24.3. The summed E-state index contributed by atoms with van der Waals surface area (Å²) in [7, 11) is 12.8. The van der Waals surface area contributed by atoms with Gasteiger partial charge in [0.25, 0.3) is 0 Å². The van der Waals surface area contributed by atoms with Crippen molar-refractivity contribution in [2.24, 2.45) is 0 Å². The monoisotopic (exact) mass is 462 g/mol. The topological polar surface area (TPSA) is 0 Å². The smallest absolute Gasteiger partial charge is 0.0809 e. The van der Waals surface area contributed by atoms with Crippen molar-refractivity contribution in [1.29, 1.82) is 0 Å². The zero-order chi connectivity index (χ0) is 18.9. The molecule has 4 aromatic carbocycles. The van der Waals surface area contributed by atoms with E-state index in [1.54, 1.807) is 13.5 Å². The first-order valence-corrected chi connectivity index (χ1v) is 15.1. The minimum atomic E-state index is -0.826. The first-order chi connectivity index (χ1) is 12.3. The third-order valence-electron chi connectivity index (χ3n) is 3.10. The molecule has 0 aliphatic rings. The van der Waals surface area contributed by atoms with Crippen molar-refractivity contribution in [2.45, 2.75) is 13.5 Å². The van der Waals surface area contributed by atoms with Crippen LogP contribution in [0.4, 0.5) is 0 Å². The van der Waals surface area contributed by atoms with Gasteiger partial charge in [-0.05, 0) is 0 Å². The van der Waals surface area contributed by atoms with Crippen LogP contribution in [-0.4, -0.2) is 10.2 Å². The van der Waals surface area contributed by atoms with Gasteiger partial charge in [0.1, 0.15) is 0 Å². The average Bonchev–Trinajstić information content (AvgIpc) is 3.35. The van der Waals surface area contributed by atoms with Crippen LogP contribution in [0.15, 0.2) is 84.9 Å². The van der Waals surface area contributed by atoms with Crippen molar-refractivity contribution in [1.82, 2.24) is 0 Å². The van der Waals surface area contributed by atoms with Crippen LogP contribution in [0.3, 0.4) is 0 Å². The third-order valence-corrected chi connectivity index (χ3v) is 3.10. The van der Waals surface area contributed by atoms with E-state index in [0.29, 0.717) is 0 Å². The van der Waals surface area contributed by atoms with E-state index in [9.17, 15) is 0 Å². The number of halogens is 2. The fourth-order valence-corrected chi connectivity index (χ4v) is 2.14. The molecule has 0 aliphatic carbocycles. The Labute approximate surface area is 174 Å². The summed E-state index contributed by atoms with van der Waals surface area (Å²) in [5, 5.41) is 5.32. The van der Waals surface area contributed by atoms with E-state index in [1.165, 1.54) is 21.5 Å². The van der Waals surface area contributed by atoms with Gasteiger partial charge in [-0.15, -0.1) is 59.3 Å². The van der Waals surface area contributed by atoms with Crippen molar-refractivity contribution >= 4 is 48.8 Å². The Morgan fingerprint density at radius 1 is 0.720 bits per heavy atom. The molecule has 0 amide bonds. The van der Waals surface area contributed by atoms with Gasteiger partial charge >= 0.3 is 37.9 Å². The summed E-state index contributed by atoms with van der Waals surface area (Å²) in [6, 6.07) is 29.3. The van der Waals surface area contributed by atoms with Crippen LogP contribution < -0.4 is 0 Å². The van der Waals surface area contributed by atoms with Crippen molar-refractivity contribution in [3.63, 3.8) is 0 Å². The molecular weight excluding hydrogens is 442 g/mol. The van der Waals surface area contributed by atoms with E-state index in [-0.39, 0.29) is 0 Å². The molecule has 0 nitrogen and oxygen atoms in total. The molecule has 131 valence electrons. The molecule has 4 heteroatoms. The van der Waals surface area contributed by atoms with Crippen molar-refractivity contribution in [3.8, 4) is 0 Å². The molecule has 0 unspecified atom stereocenters. The Bertz CT molecular complexity index is 651. The van der Waals surface area contributed by atoms with E-state index in [4.69, 9.17) is 17.0 Å². The SMILES string of the molecule is C[Si].[CH2-]C.[Cl][Zr][Cl].c1ccc2[cH-]ccc2c1.c1ccc2[cH-]ccc2c1. The molecule has 0 fully saturated rings. The second-order valence-electron chi connectivity index (χ2n) is 4.38. The fourth-order valence-electron chi connectivity index (χ4n) is 2.14. The molecule has 25 heavy (non-hydrogen) atoms. The summed E-state index contributed by atoms with van der Waals surface area (Å²) in [6.45, 7) is 6.81. The average molecular weight is 465 g/mol. The quantitative estimate of drug-likeness (QED) is 0.186. The first-order valence-electron chi connectivity index (χ1n) is 7.73. The van der Waals surface area contributed by atoms with Crippen LogP contribution in [-0.2, 0) is 20.8 Å². The van der Waals surface area contributed by atoms with Gasteiger partial charge in [0.05, 0.1) is 0 Å². The van der Waals surface area contributed by atoms with Crippen molar-refractivity contribution in [3.05, 3.63) is 91.9 Å². The number of rotatable bonds is 0. The van der Waals surface area contributed by atoms with Gasteiger partial charge in [-0.2, -0.15) is 42.0 Å². The molecular formula is C21H22Cl2SiZr-3. The van der Waals surface area contributed by atoms with Gasteiger partial charge in [0, 0.05) is 10.2 Å². The number of benzene rings is 2. The second-order valence-corrected chi connectivity index (χ2v) is 8.11. The molecule has 0 aliphatic heterocycles. The van der Waals surface area contributed by atoms with Gasteiger partial charge in [0.15, 0.2) is 0 Å². The molecule has 0 bridgehead atoms. The summed E-state index contributed by atoms with van der Waals surface area (Å²) in [4.78, 5) is 0. The van der Waals surface area contributed by atoms with Crippen molar-refractivity contribution < 1.29 is 20.8 Å². The maximum absolute atomic E-state index is 4.93. The third kappa shape index (κ3) is 9.56. The Balaban J connectivity index is 0.000000343. The Hall–Kier alpha value is -0.660. The zero-order valence-electron chi connectivity index (χ0n) is 14.5. The maximum atomic E-state index is 4.93. The zero-order valence-corrected chi connectivity index (χ0v) is 19.5. The largest absolute Gasteiger partial charge is 0.168 e. The second kappa shape index (κ2) is 16.8. The van der Waals surface area contributed by atoms with Crippen LogP contribution in [0.25, 0.3) is 21.5 Å². The molecule has 0 saturated heterocycles. The van der Waals surface area contributed by atoms with Crippen LogP contribution in [0.2, 0.25) is 6.55 Å². The Kier molecular flexibility index (Phi) is 16.3. The summed E-state index contributed by atoms with van der Waals surface area (Å²) in [6.07, 6.45) is 0. The van der Waals surface area contributed by atoms with Gasteiger partial charge in [0.2, 0.25) is 0 Å². The molecule has 3 radical (unpaired) electrons. The predicted molar refractivity (Wildman–Crippen MR) is 113 cm³/mol. The molecule has 4 rings (SSSR count). The van der Waals surface area contributed by atoms with E-state index < -0.39 is 20.8 Å². The molecule has 0 heterocycles. The van der Waals surface area contributed by atoms with E-state index in [0.717, 1.165) is 0 Å².